The highest BCUT2D eigenvalue weighted by atomic mass is 16.5. The molecule has 2 N–H and O–H groups in total. The molecule has 5 heteroatoms. The van der Waals surface area contributed by atoms with Gasteiger partial charge >= 0.3 is 5.97 Å². The number of hydrogen-bond donors (Lipinski definition) is 2. The van der Waals surface area contributed by atoms with Gasteiger partial charge in [0.1, 0.15) is 6.04 Å². The maximum absolute atomic E-state index is 11.9. The second kappa shape index (κ2) is 9.20. The molecule has 122 valence electrons. The van der Waals surface area contributed by atoms with Gasteiger partial charge in [-0.2, -0.15) is 0 Å². The fourth-order valence-electron chi connectivity index (χ4n) is 2.19. The van der Waals surface area contributed by atoms with Crippen molar-refractivity contribution in [2.24, 2.45) is 5.92 Å². The summed E-state index contributed by atoms with van der Waals surface area (Å²) in [4.78, 5) is 23.0. The number of aliphatic carboxylic acids is 1. The van der Waals surface area contributed by atoms with Gasteiger partial charge in [-0.15, -0.1) is 0 Å². The van der Waals surface area contributed by atoms with E-state index in [1.54, 1.807) is 0 Å². The molecule has 22 heavy (non-hydrogen) atoms. The van der Waals surface area contributed by atoms with Crippen LogP contribution in [-0.2, 0) is 27.2 Å². The molecule has 1 atom stereocenters. The summed E-state index contributed by atoms with van der Waals surface area (Å²) in [6.45, 7) is 4.61. The smallest absolute Gasteiger partial charge is 0.326 e. The minimum atomic E-state index is -1.04. The third kappa shape index (κ3) is 6.72. The second-order valence-electron chi connectivity index (χ2n) is 5.83. The molecule has 5 nitrogen and oxygen atoms in total. The van der Waals surface area contributed by atoms with Gasteiger partial charge in [0.2, 0.25) is 5.91 Å². The fourth-order valence-corrected chi connectivity index (χ4v) is 2.19. The normalized spacial score (nSPS) is 12.2. The van der Waals surface area contributed by atoms with Crippen molar-refractivity contribution in [3.05, 3.63) is 35.4 Å². The molecule has 0 aromatic heterocycles. The maximum atomic E-state index is 11.9. The van der Waals surface area contributed by atoms with Gasteiger partial charge in [0.15, 0.2) is 0 Å². The highest BCUT2D eigenvalue weighted by Gasteiger charge is 2.19. The number of benzene rings is 1. The van der Waals surface area contributed by atoms with Gasteiger partial charge in [0.05, 0.1) is 6.42 Å². The van der Waals surface area contributed by atoms with Crippen LogP contribution >= 0.6 is 0 Å². The van der Waals surface area contributed by atoms with Crippen LogP contribution in [0.5, 0.6) is 0 Å². The molecule has 1 unspecified atom stereocenters. The summed E-state index contributed by atoms with van der Waals surface area (Å²) < 4.78 is 4.85. The van der Waals surface area contributed by atoms with Gasteiger partial charge < -0.3 is 15.2 Å². The van der Waals surface area contributed by atoms with Gasteiger partial charge in [-0.05, 0) is 23.5 Å². The molecule has 0 fully saturated rings. The first-order chi connectivity index (χ1) is 10.4. The molecule has 0 spiro atoms. The number of carboxylic acid groups (broad SMARTS) is 1. The molecule has 0 radical (unpaired) electrons. The zero-order chi connectivity index (χ0) is 16.5. The van der Waals surface area contributed by atoms with Crippen LogP contribution in [-0.4, -0.2) is 36.7 Å². The summed E-state index contributed by atoms with van der Waals surface area (Å²) in [6, 6.07) is 6.96. The van der Waals surface area contributed by atoms with Crippen LogP contribution in [0.4, 0.5) is 0 Å². The molecular formula is C17H25NO4. The van der Waals surface area contributed by atoms with E-state index in [2.05, 4.69) is 19.2 Å². The maximum Gasteiger partial charge on any atom is 0.326 e. The highest BCUT2D eigenvalue weighted by molar-refractivity contribution is 5.84. The van der Waals surface area contributed by atoms with Crippen molar-refractivity contribution in [1.82, 2.24) is 5.32 Å². The third-order valence-corrected chi connectivity index (χ3v) is 3.28. The summed E-state index contributed by atoms with van der Waals surface area (Å²) in [6.07, 6.45) is 1.44. The van der Waals surface area contributed by atoms with Crippen molar-refractivity contribution >= 4 is 11.9 Å². The summed E-state index contributed by atoms with van der Waals surface area (Å²) >= 11 is 0. The fraction of sp³-hybridized carbons (Fsp3) is 0.529. The van der Waals surface area contributed by atoms with Crippen molar-refractivity contribution in [2.45, 2.75) is 39.2 Å². The van der Waals surface area contributed by atoms with E-state index in [-0.39, 0.29) is 18.7 Å². The van der Waals surface area contributed by atoms with E-state index in [0.717, 1.165) is 12.0 Å². The number of hydrogen-bond acceptors (Lipinski definition) is 3. The van der Waals surface area contributed by atoms with Gasteiger partial charge in [0.25, 0.3) is 0 Å². The lowest BCUT2D eigenvalue weighted by Crippen LogP contribution is -2.42. The summed E-state index contributed by atoms with van der Waals surface area (Å²) in [5.41, 5.74) is 2.11. The van der Waals surface area contributed by atoms with Crippen molar-refractivity contribution in [1.29, 1.82) is 0 Å². The quantitative estimate of drug-likeness (QED) is 0.732. The number of carbonyl (C=O) groups excluding carboxylic acids is 1. The number of carboxylic acids is 1. The monoisotopic (exact) mass is 307 g/mol. The molecule has 1 aromatic rings. The molecule has 0 heterocycles. The average molecular weight is 307 g/mol. The lowest BCUT2D eigenvalue weighted by molar-refractivity contribution is -0.142. The van der Waals surface area contributed by atoms with Crippen LogP contribution < -0.4 is 5.32 Å². The van der Waals surface area contributed by atoms with E-state index in [1.807, 2.05) is 24.3 Å². The molecule has 0 aliphatic carbocycles. The van der Waals surface area contributed by atoms with Crippen LogP contribution in [0.2, 0.25) is 0 Å². The van der Waals surface area contributed by atoms with Gasteiger partial charge in [-0.1, -0.05) is 38.1 Å². The third-order valence-electron chi connectivity index (χ3n) is 3.28. The SMILES string of the molecule is COCCC(NC(=O)Cc1ccc(CC(C)C)cc1)C(=O)O. The van der Waals surface area contributed by atoms with Crippen molar-refractivity contribution in [3.63, 3.8) is 0 Å². The number of carbonyl (C=O) groups is 2. The number of ether oxygens (including phenoxy) is 1. The summed E-state index contributed by atoms with van der Waals surface area (Å²) in [7, 11) is 1.50. The van der Waals surface area contributed by atoms with Crippen LogP contribution in [0.1, 0.15) is 31.4 Å². The number of nitrogens with one attached hydrogen (secondary N) is 1. The lowest BCUT2D eigenvalue weighted by Gasteiger charge is -2.14. The predicted octanol–water partition coefficient (Wildman–Crippen LogP) is 2.03. The molecular weight excluding hydrogens is 282 g/mol. The molecule has 1 amide bonds. The number of methoxy groups -OCH3 is 1. The average Bonchev–Trinajstić information content (AvgIpc) is 2.44. The van der Waals surface area contributed by atoms with E-state index in [1.165, 1.54) is 12.7 Å². The van der Waals surface area contributed by atoms with E-state index in [9.17, 15) is 9.59 Å². The minimum absolute atomic E-state index is 0.179. The molecule has 0 saturated heterocycles. The first kappa shape index (κ1) is 18.2. The Kier molecular flexibility index (Phi) is 7.60. The van der Waals surface area contributed by atoms with Crippen LogP contribution in [0.3, 0.4) is 0 Å². The predicted molar refractivity (Wildman–Crippen MR) is 84.7 cm³/mol. The van der Waals surface area contributed by atoms with Crippen LogP contribution in [0.15, 0.2) is 24.3 Å². The molecule has 1 aromatic carbocycles. The Morgan fingerprint density at radius 3 is 2.27 bits per heavy atom. The Morgan fingerprint density at radius 2 is 1.77 bits per heavy atom. The van der Waals surface area contributed by atoms with Crippen LogP contribution in [0.25, 0.3) is 0 Å². The Morgan fingerprint density at radius 1 is 1.18 bits per heavy atom. The number of rotatable bonds is 9. The van der Waals surface area contributed by atoms with Crippen molar-refractivity contribution in [3.8, 4) is 0 Å². The lowest BCUT2D eigenvalue weighted by atomic mass is 10.0. The summed E-state index contributed by atoms with van der Waals surface area (Å²) in [5.74, 6) is -0.746. The van der Waals surface area contributed by atoms with Crippen molar-refractivity contribution < 1.29 is 19.4 Å². The topological polar surface area (TPSA) is 75.6 Å². The highest BCUT2D eigenvalue weighted by Crippen LogP contribution is 2.10. The zero-order valence-electron chi connectivity index (χ0n) is 13.5. The molecule has 0 bridgehead atoms. The first-order valence-corrected chi connectivity index (χ1v) is 7.51. The largest absolute Gasteiger partial charge is 0.480 e. The molecule has 0 aliphatic rings. The van der Waals surface area contributed by atoms with Gasteiger partial charge in [0, 0.05) is 20.1 Å². The Balaban J connectivity index is 2.54. The number of amides is 1. The Bertz CT molecular complexity index is 482. The Labute approximate surface area is 131 Å². The molecule has 1 rings (SSSR count). The van der Waals surface area contributed by atoms with E-state index in [0.29, 0.717) is 12.5 Å². The summed E-state index contributed by atoms with van der Waals surface area (Å²) in [5, 5.41) is 11.6. The van der Waals surface area contributed by atoms with Gasteiger partial charge in [-0.25, -0.2) is 4.79 Å². The van der Waals surface area contributed by atoms with E-state index < -0.39 is 12.0 Å². The van der Waals surface area contributed by atoms with E-state index in [4.69, 9.17) is 9.84 Å². The molecule has 0 aliphatic heterocycles. The van der Waals surface area contributed by atoms with Crippen molar-refractivity contribution in [2.75, 3.05) is 13.7 Å². The standard InChI is InChI=1S/C17H25NO4/c1-12(2)10-13-4-6-14(7-5-13)11-16(19)18-15(17(20)21)8-9-22-3/h4-7,12,15H,8-11H2,1-3H3,(H,18,19)(H,20,21). The Hall–Kier alpha value is -1.88. The second-order valence-corrected chi connectivity index (χ2v) is 5.83. The van der Waals surface area contributed by atoms with Crippen LogP contribution in [0, 0.1) is 5.92 Å². The molecule has 0 saturated carbocycles. The minimum Gasteiger partial charge on any atom is -0.480 e. The van der Waals surface area contributed by atoms with E-state index >= 15 is 0 Å². The first-order valence-electron chi connectivity index (χ1n) is 7.51. The zero-order valence-corrected chi connectivity index (χ0v) is 13.5. The van der Waals surface area contributed by atoms with Gasteiger partial charge in [-0.3, -0.25) is 4.79 Å².